The molecule has 0 spiro atoms. The van der Waals surface area contributed by atoms with Gasteiger partial charge in [-0.1, -0.05) is 6.92 Å². The highest BCUT2D eigenvalue weighted by molar-refractivity contribution is 5.72. The van der Waals surface area contributed by atoms with E-state index in [2.05, 4.69) is 0 Å². The molecule has 0 N–H and O–H groups in total. The van der Waals surface area contributed by atoms with Gasteiger partial charge in [-0.05, 0) is 30.7 Å². The van der Waals surface area contributed by atoms with E-state index < -0.39 is 0 Å². The maximum atomic E-state index is 11.1. The fourth-order valence-corrected chi connectivity index (χ4v) is 0.984. The lowest BCUT2D eigenvalue weighted by molar-refractivity contribution is -0.134. The minimum Gasteiger partial charge on any atom is -0.427 e. The molecule has 0 aliphatic carbocycles. The molecule has 0 saturated carbocycles. The molecule has 0 radical (unpaired) electrons. The summed E-state index contributed by atoms with van der Waals surface area (Å²) in [5.74, 6) is 0.250. The summed E-state index contributed by atoms with van der Waals surface area (Å²) in [5, 5.41) is 8.54. The molecule has 3 nitrogen and oxygen atoms in total. The predicted octanol–water partition coefficient (Wildman–Crippen LogP) is 2.26. The van der Waals surface area contributed by atoms with E-state index in [9.17, 15) is 4.79 Å². The van der Waals surface area contributed by atoms with Crippen LogP contribution in [0.25, 0.3) is 0 Å². The van der Waals surface area contributed by atoms with Gasteiger partial charge in [-0.15, -0.1) is 0 Å². The summed E-state index contributed by atoms with van der Waals surface area (Å²) in [6.07, 6.45) is 1.19. The van der Waals surface area contributed by atoms with Crippen LogP contribution in [0.15, 0.2) is 24.3 Å². The second-order valence-electron chi connectivity index (χ2n) is 2.86. The van der Waals surface area contributed by atoms with Crippen LogP contribution in [0.4, 0.5) is 0 Å². The Morgan fingerprint density at radius 3 is 2.57 bits per heavy atom. The van der Waals surface area contributed by atoms with Crippen LogP contribution in [-0.4, -0.2) is 5.97 Å². The third kappa shape index (κ3) is 2.91. The Labute approximate surface area is 82.9 Å². The molecule has 3 heteroatoms. The van der Waals surface area contributed by atoms with E-state index >= 15 is 0 Å². The van der Waals surface area contributed by atoms with E-state index in [-0.39, 0.29) is 5.97 Å². The Kier molecular flexibility index (Phi) is 3.69. The minimum absolute atomic E-state index is 0.239. The molecular weight excluding hydrogens is 178 g/mol. The Morgan fingerprint density at radius 1 is 1.43 bits per heavy atom. The summed E-state index contributed by atoms with van der Waals surface area (Å²) >= 11 is 0. The Bertz CT molecular complexity index is 349. The highest BCUT2D eigenvalue weighted by Gasteiger charge is 2.02. The van der Waals surface area contributed by atoms with Crippen molar-refractivity contribution in [1.82, 2.24) is 0 Å². The molecular formula is C11H11NO2. The first-order valence-corrected chi connectivity index (χ1v) is 4.47. The number of hydrogen-bond donors (Lipinski definition) is 0. The first-order chi connectivity index (χ1) is 6.76. The number of carbonyl (C=O) groups is 1. The van der Waals surface area contributed by atoms with Gasteiger partial charge in [0.15, 0.2) is 0 Å². The standard InChI is InChI=1S/C11H11NO2/c1-2-3-11(13)14-10-6-4-9(8-12)5-7-10/h4-7H,2-3H2,1H3. The van der Waals surface area contributed by atoms with E-state index in [1.807, 2.05) is 13.0 Å². The van der Waals surface area contributed by atoms with Crippen molar-refractivity contribution in [1.29, 1.82) is 5.26 Å². The summed E-state index contributed by atoms with van der Waals surface area (Å²) in [5.41, 5.74) is 0.556. The van der Waals surface area contributed by atoms with Crippen molar-refractivity contribution in [2.24, 2.45) is 0 Å². The summed E-state index contributed by atoms with van der Waals surface area (Å²) in [7, 11) is 0. The number of carbonyl (C=O) groups excluding carboxylic acids is 1. The largest absolute Gasteiger partial charge is 0.427 e. The third-order valence-electron chi connectivity index (χ3n) is 1.67. The third-order valence-corrected chi connectivity index (χ3v) is 1.67. The van der Waals surface area contributed by atoms with Crippen LogP contribution < -0.4 is 4.74 Å². The Balaban J connectivity index is 2.61. The van der Waals surface area contributed by atoms with Crippen LogP contribution in [-0.2, 0) is 4.79 Å². The second-order valence-corrected chi connectivity index (χ2v) is 2.86. The zero-order valence-electron chi connectivity index (χ0n) is 7.99. The molecule has 0 saturated heterocycles. The van der Waals surface area contributed by atoms with Gasteiger partial charge in [-0.2, -0.15) is 5.26 Å². The van der Waals surface area contributed by atoms with E-state index in [4.69, 9.17) is 10.00 Å². The van der Waals surface area contributed by atoms with Gasteiger partial charge in [0, 0.05) is 6.42 Å². The molecule has 0 bridgehead atoms. The topological polar surface area (TPSA) is 50.1 Å². The van der Waals surface area contributed by atoms with Crippen LogP contribution in [0.1, 0.15) is 25.3 Å². The zero-order chi connectivity index (χ0) is 10.4. The summed E-state index contributed by atoms with van der Waals surface area (Å²) in [6, 6.07) is 8.47. The smallest absolute Gasteiger partial charge is 0.311 e. The van der Waals surface area contributed by atoms with Gasteiger partial charge >= 0.3 is 5.97 Å². The fraction of sp³-hybridized carbons (Fsp3) is 0.273. The van der Waals surface area contributed by atoms with Crippen molar-refractivity contribution >= 4 is 5.97 Å². The van der Waals surface area contributed by atoms with Gasteiger partial charge in [0.25, 0.3) is 0 Å². The van der Waals surface area contributed by atoms with Crippen molar-refractivity contribution in [3.05, 3.63) is 29.8 Å². The number of benzene rings is 1. The lowest BCUT2D eigenvalue weighted by Gasteiger charge is -2.02. The Morgan fingerprint density at radius 2 is 2.07 bits per heavy atom. The zero-order valence-corrected chi connectivity index (χ0v) is 7.99. The highest BCUT2D eigenvalue weighted by atomic mass is 16.5. The molecule has 72 valence electrons. The van der Waals surface area contributed by atoms with Gasteiger partial charge < -0.3 is 4.74 Å². The van der Waals surface area contributed by atoms with Crippen LogP contribution in [0.2, 0.25) is 0 Å². The average Bonchev–Trinajstić information content (AvgIpc) is 2.19. The molecule has 14 heavy (non-hydrogen) atoms. The van der Waals surface area contributed by atoms with E-state index in [1.54, 1.807) is 24.3 Å². The fourth-order valence-electron chi connectivity index (χ4n) is 0.984. The van der Waals surface area contributed by atoms with Crippen molar-refractivity contribution in [2.45, 2.75) is 19.8 Å². The first-order valence-electron chi connectivity index (χ1n) is 4.47. The van der Waals surface area contributed by atoms with E-state index in [0.717, 1.165) is 6.42 Å². The molecule has 0 amide bonds. The summed E-state index contributed by atoms with van der Waals surface area (Å²) in [4.78, 5) is 11.1. The van der Waals surface area contributed by atoms with Gasteiger partial charge in [-0.3, -0.25) is 4.79 Å². The number of ether oxygens (including phenoxy) is 1. The average molecular weight is 189 g/mol. The van der Waals surface area contributed by atoms with Crippen molar-refractivity contribution < 1.29 is 9.53 Å². The van der Waals surface area contributed by atoms with Gasteiger partial charge in [0.05, 0.1) is 11.6 Å². The minimum atomic E-state index is -0.239. The molecule has 0 atom stereocenters. The molecule has 0 heterocycles. The molecule has 0 aromatic heterocycles. The quantitative estimate of drug-likeness (QED) is 0.541. The maximum absolute atomic E-state index is 11.1. The SMILES string of the molecule is CCCC(=O)Oc1ccc(C#N)cc1. The molecule has 1 aromatic rings. The van der Waals surface area contributed by atoms with Crippen LogP contribution in [0.5, 0.6) is 5.75 Å². The van der Waals surface area contributed by atoms with Gasteiger partial charge in [0.2, 0.25) is 0 Å². The van der Waals surface area contributed by atoms with Gasteiger partial charge in [-0.25, -0.2) is 0 Å². The van der Waals surface area contributed by atoms with Crippen LogP contribution >= 0.6 is 0 Å². The summed E-state index contributed by atoms with van der Waals surface area (Å²) in [6.45, 7) is 1.92. The Hall–Kier alpha value is -1.82. The van der Waals surface area contributed by atoms with Crippen molar-refractivity contribution in [3.63, 3.8) is 0 Å². The predicted molar refractivity (Wildman–Crippen MR) is 51.7 cm³/mol. The van der Waals surface area contributed by atoms with E-state index in [1.165, 1.54) is 0 Å². The number of rotatable bonds is 3. The molecule has 0 fully saturated rings. The molecule has 0 unspecified atom stereocenters. The molecule has 1 rings (SSSR count). The van der Waals surface area contributed by atoms with E-state index in [0.29, 0.717) is 17.7 Å². The lowest BCUT2D eigenvalue weighted by Crippen LogP contribution is -2.06. The number of hydrogen-bond acceptors (Lipinski definition) is 3. The second kappa shape index (κ2) is 5.03. The lowest BCUT2D eigenvalue weighted by atomic mass is 10.2. The number of esters is 1. The number of nitrogens with zero attached hydrogens (tertiary/aromatic N) is 1. The van der Waals surface area contributed by atoms with Gasteiger partial charge in [0.1, 0.15) is 5.75 Å². The molecule has 0 aliphatic rings. The molecule has 1 aromatic carbocycles. The highest BCUT2D eigenvalue weighted by Crippen LogP contribution is 2.12. The normalized spacial score (nSPS) is 9.14. The monoisotopic (exact) mass is 189 g/mol. The van der Waals surface area contributed by atoms with Crippen molar-refractivity contribution in [3.8, 4) is 11.8 Å². The van der Waals surface area contributed by atoms with Crippen LogP contribution in [0, 0.1) is 11.3 Å². The molecule has 0 aliphatic heterocycles. The first kappa shape index (κ1) is 10.3. The van der Waals surface area contributed by atoms with Crippen molar-refractivity contribution in [2.75, 3.05) is 0 Å². The maximum Gasteiger partial charge on any atom is 0.311 e. The summed E-state index contributed by atoms with van der Waals surface area (Å²) < 4.78 is 5.01. The number of nitriles is 1. The van der Waals surface area contributed by atoms with Crippen LogP contribution in [0.3, 0.4) is 0 Å².